The molecule has 2 heterocycles. The van der Waals surface area contributed by atoms with E-state index in [4.69, 9.17) is 0 Å². The number of para-hydroxylation sites is 1. The SMILES string of the molecule is O=C(O)C1=C(c2cc(-c3c[nH]c4ccccc34)[nH]n2)CCCC1. The number of carbonyl (C=O) groups is 1. The van der Waals surface area contributed by atoms with E-state index >= 15 is 0 Å². The summed E-state index contributed by atoms with van der Waals surface area (Å²) in [5.74, 6) is -0.823. The molecule has 0 saturated carbocycles. The number of aromatic amines is 2. The summed E-state index contributed by atoms with van der Waals surface area (Å²) in [5, 5.41) is 18.0. The van der Waals surface area contributed by atoms with Crippen molar-refractivity contribution in [2.24, 2.45) is 0 Å². The zero-order valence-electron chi connectivity index (χ0n) is 12.6. The minimum Gasteiger partial charge on any atom is -0.478 e. The van der Waals surface area contributed by atoms with E-state index in [0.29, 0.717) is 12.0 Å². The average Bonchev–Trinajstić information content (AvgIpc) is 3.21. The number of hydrogen-bond donors (Lipinski definition) is 3. The normalized spacial score (nSPS) is 15.3. The Morgan fingerprint density at radius 1 is 1.17 bits per heavy atom. The Morgan fingerprint density at radius 2 is 2.00 bits per heavy atom. The summed E-state index contributed by atoms with van der Waals surface area (Å²) < 4.78 is 0. The van der Waals surface area contributed by atoms with Crippen molar-refractivity contribution in [2.45, 2.75) is 25.7 Å². The van der Waals surface area contributed by atoms with Crippen LogP contribution in [0.5, 0.6) is 0 Å². The third-order valence-electron chi connectivity index (χ3n) is 4.49. The number of aliphatic carboxylic acids is 1. The number of H-pyrrole nitrogens is 2. The fraction of sp³-hybridized carbons (Fsp3) is 0.222. The first kappa shape index (κ1) is 13.8. The van der Waals surface area contributed by atoms with Gasteiger partial charge in [-0.25, -0.2) is 4.79 Å². The van der Waals surface area contributed by atoms with Crippen LogP contribution in [0.3, 0.4) is 0 Å². The molecule has 0 amide bonds. The second kappa shape index (κ2) is 5.43. The lowest BCUT2D eigenvalue weighted by Crippen LogP contribution is -2.08. The van der Waals surface area contributed by atoms with Gasteiger partial charge in [0.05, 0.1) is 11.4 Å². The van der Waals surface area contributed by atoms with Crippen LogP contribution in [0.2, 0.25) is 0 Å². The lowest BCUT2D eigenvalue weighted by atomic mass is 9.89. The molecule has 1 aliphatic carbocycles. The monoisotopic (exact) mass is 307 g/mol. The number of carboxylic acid groups (broad SMARTS) is 1. The molecule has 0 atom stereocenters. The van der Waals surface area contributed by atoms with Crippen molar-refractivity contribution in [3.63, 3.8) is 0 Å². The van der Waals surface area contributed by atoms with E-state index < -0.39 is 5.97 Å². The highest BCUT2D eigenvalue weighted by molar-refractivity contribution is 5.98. The van der Waals surface area contributed by atoms with Gasteiger partial charge in [-0.05, 0) is 43.4 Å². The van der Waals surface area contributed by atoms with Crippen molar-refractivity contribution in [3.8, 4) is 11.3 Å². The van der Waals surface area contributed by atoms with Crippen LogP contribution >= 0.6 is 0 Å². The van der Waals surface area contributed by atoms with Gasteiger partial charge >= 0.3 is 5.97 Å². The van der Waals surface area contributed by atoms with Crippen LogP contribution < -0.4 is 0 Å². The standard InChI is InChI=1S/C18H17N3O2/c22-18(23)13-7-2-1-5-11(13)16-9-17(21-20-16)14-10-19-15-8-4-3-6-12(14)15/h3-4,6,8-10,19H,1-2,5,7H2,(H,20,21)(H,22,23). The number of carboxylic acids is 1. The number of hydrogen-bond acceptors (Lipinski definition) is 2. The van der Waals surface area contributed by atoms with Gasteiger partial charge in [0.15, 0.2) is 0 Å². The number of benzene rings is 1. The van der Waals surface area contributed by atoms with Gasteiger partial charge in [-0.15, -0.1) is 0 Å². The third-order valence-corrected chi connectivity index (χ3v) is 4.49. The van der Waals surface area contributed by atoms with Crippen LogP contribution in [-0.2, 0) is 4.79 Å². The van der Waals surface area contributed by atoms with E-state index in [9.17, 15) is 9.90 Å². The molecule has 0 radical (unpaired) electrons. The molecule has 5 nitrogen and oxygen atoms in total. The number of rotatable bonds is 3. The molecular formula is C18H17N3O2. The van der Waals surface area contributed by atoms with E-state index in [0.717, 1.165) is 52.7 Å². The predicted molar refractivity (Wildman–Crippen MR) is 88.9 cm³/mol. The Kier molecular flexibility index (Phi) is 3.26. The van der Waals surface area contributed by atoms with Gasteiger partial charge in [0, 0.05) is 28.2 Å². The second-order valence-electron chi connectivity index (χ2n) is 5.88. The maximum Gasteiger partial charge on any atom is 0.331 e. The zero-order valence-corrected chi connectivity index (χ0v) is 12.6. The van der Waals surface area contributed by atoms with Crippen molar-refractivity contribution in [2.75, 3.05) is 0 Å². The van der Waals surface area contributed by atoms with Gasteiger partial charge in [0.1, 0.15) is 0 Å². The smallest absolute Gasteiger partial charge is 0.331 e. The summed E-state index contributed by atoms with van der Waals surface area (Å²) in [6.45, 7) is 0. The molecule has 0 fully saturated rings. The quantitative estimate of drug-likeness (QED) is 0.684. The molecule has 1 aromatic carbocycles. The van der Waals surface area contributed by atoms with Gasteiger partial charge in [0.25, 0.3) is 0 Å². The van der Waals surface area contributed by atoms with Gasteiger partial charge in [-0.2, -0.15) is 5.10 Å². The van der Waals surface area contributed by atoms with Crippen molar-refractivity contribution < 1.29 is 9.90 Å². The lowest BCUT2D eigenvalue weighted by Gasteiger charge is -2.15. The maximum atomic E-state index is 11.4. The fourth-order valence-electron chi connectivity index (χ4n) is 3.33. The molecule has 5 heteroatoms. The molecule has 4 rings (SSSR count). The Labute approximate surface area is 133 Å². The average molecular weight is 307 g/mol. The highest BCUT2D eigenvalue weighted by atomic mass is 16.4. The van der Waals surface area contributed by atoms with Crippen molar-refractivity contribution in [1.29, 1.82) is 0 Å². The predicted octanol–water partition coefficient (Wildman–Crippen LogP) is 3.97. The van der Waals surface area contributed by atoms with E-state index in [-0.39, 0.29) is 0 Å². The topological polar surface area (TPSA) is 81.8 Å². The summed E-state index contributed by atoms with van der Waals surface area (Å²) in [4.78, 5) is 14.7. The summed E-state index contributed by atoms with van der Waals surface area (Å²) in [6, 6.07) is 10.0. The molecule has 2 aromatic heterocycles. The maximum absolute atomic E-state index is 11.4. The molecule has 23 heavy (non-hydrogen) atoms. The molecular weight excluding hydrogens is 290 g/mol. The number of nitrogens with zero attached hydrogens (tertiary/aromatic N) is 1. The van der Waals surface area contributed by atoms with E-state index in [1.165, 1.54) is 0 Å². The third kappa shape index (κ3) is 2.34. The van der Waals surface area contributed by atoms with E-state index in [2.05, 4.69) is 21.2 Å². The van der Waals surface area contributed by atoms with Crippen molar-refractivity contribution in [1.82, 2.24) is 15.2 Å². The Morgan fingerprint density at radius 3 is 2.87 bits per heavy atom. The summed E-state index contributed by atoms with van der Waals surface area (Å²) in [6.07, 6.45) is 5.31. The summed E-state index contributed by atoms with van der Waals surface area (Å²) in [5.41, 5.74) is 5.15. The number of aromatic nitrogens is 3. The number of nitrogens with one attached hydrogen (secondary N) is 2. The first-order valence-corrected chi connectivity index (χ1v) is 7.81. The minimum absolute atomic E-state index is 0.508. The summed E-state index contributed by atoms with van der Waals surface area (Å²) >= 11 is 0. The lowest BCUT2D eigenvalue weighted by molar-refractivity contribution is -0.132. The highest BCUT2D eigenvalue weighted by Gasteiger charge is 2.21. The van der Waals surface area contributed by atoms with E-state index in [1.54, 1.807) is 0 Å². The van der Waals surface area contributed by atoms with Crippen LogP contribution in [0, 0.1) is 0 Å². The van der Waals surface area contributed by atoms with Gasteiger partial charge < -0.3 is 10.1 Å². The van der Waals surface area contributed by atoms with Crippen LogP contribution in [0.25, 0.3) is 27.7 Å². The van der Waals surface area contributed by atoms with Gasteiger partial charge in [0.2, 0.25) is 0 Å². The molecule has 0 saturated heterocycles. The van der Waals surface area contributed by atoms with Crippen LogP contribution in [0.15, 0.2) is 42.1 Å². The highest BCUT2D eigenvalue weighted by Crippen LogP contribution is 2.34. The first-order chi connectivity index (χ1) is 11.2. The molecule has 0 aliphatic heterocycles. The van der Waals surface area contributed by atoms with Gasteiger partial charge in [-0.1, -0.05) is 18.2 Å². The van der Waals surface area contributed by atoms with Gasteiger partial charge in [-0.3, -0.25) is 5.10 Å². The summed E-state index contributed by atoms with van der Waals surface area (Å²) in [7, 11) is 0. The Bertz CT molecular complexity index is 917. The van der Waals surface area contributed by atoms with Crippen molar-refractivity contribution in [3.05, 3.63) is 47.8 Å². The molecule has 0 bridgehead atoms. The number of allylic oxidation sites excluding steroid dienone is 1. The van der Waals surface area contributed by atoms with Crippen LogP contribution in [0.4, 0.5) is 0 Å². The molecule has 3 aromatic rings. The minimum atomic E-state index is -0.823. The van der Waals surface area contributed by atoms with Crippen LogP contribution in [-0.4, -0.2) is 26.3 Å². The Hall–Kier alpha value is -2.82. The molecule has 0 unspecified atom stereocenters. The largest absolute Gasteiger partial charge is 0.478 e. The Balaban J connectivity index is 1.79. The molecule has 116 valence electrons. The molecule has 0 spiro atoms. The zero-order chi connectivity index (χ0) is 15.8. The van der Waals surface area contributed by atoms with Crippen LogP contribution in [0.1, 0.15) is 31.4 Å². The molecule has 3 N–H and O–H groups in total. The van der Waals surface area contributed by atoms with E-state index in [1.807, 2.05) is 30.5 Å². The fourth-order valence-corrected chi connectivity index (χ4v) is 3.33. The first-order valence-electron chi connectivity index (χ1n) is 7.81. The van der Waals surface area contributed by atoms with Crippen molar-refractivity contribution >= 4 is 22.4 Å². The number of fused-ring (bicyclic) bond motifs is 1. The second-order valence-corrected chi connectivity index (χ2v) is 5.88. The molecule has 1 aliphatic rings.